The molecule has 1 heterocycles. The third kappa shape index (κ3) is 2.16. The maximum Gasteiger partial charge on any atom is 0.0244 e. The molecule has 2 aliphatic rings. The van der Waals surface area contributed by atoms with Gasteiger partial charge in [0.15, 0.2) is 0 Å². The van der Waals surface area contributed by atoms with Crippen LogP contribution in [-0.4, -0.2) is 12.1 Å². The van der Waals surface area contributed by atoms with Gasteiger partial charge in [-0.1, -0.05) is 48.9 Å². The standard InChI is InChI=1S/C16H21N/c1-2-6-14(7-3-1)8-4-11-16-12-5-9-15(16)10-13-17-16/h1-4,6-8,15,17H,5,9-13H2. The summed E-state index contributed by atoms with van der Waals surface area (Å²) >= 11 is 0. The molecule has 3 rings (SSSR count). The van der Waals surface area contributed by atoms with Gasteiger partial charge in [0.1, 0.15) is 0 Å². The molecular weight excluding hydrogens is 206 g/mol. The minimum Gasteiger partial charge on any atom is -0.311 e. The van der Waals surface area contributed by atoms with Crippen molar-refractivity contribution in [1.29, 1.82) is 0 Å². The predicted molar refractivity (Wildman–Crippen MR) is 72.8 cm³/mol. The van der Waals surface area contributed by atoms with E-state index in [4.69, 9.17) is 0 Å². The Hall–Kier alpha value is -1.08. The molecule has 2 atom stereocenters. The number of hydrogen-bond acceptors (Lipinski definition) is 1. The molecule has 1 saturated carbocycles. The van der Waals surface area contributed by atoms with Crippen LogP contribution in [0.4, 0.5) is 0 Å². The van der Waals surface area contributed by atoms with Gasteiger partial charge in [-0.15, -0.1) is 0 Å². The zero-order valence-corrected chi connectivity index (χ0v) is 10.4. The summed E-state index contributed by atoms with van der Waals surface area (Å²) in [5, 5.41) is 3.77. The van der Waals surface area contributed by atoms with Crippen LogP contribution in [0.25, 0.3) is 6.08 Å². The second-order valence-electron chi connectivity index (χ2n) is 5.48. The van der Waals surface area contributed by atoms with E-state index in [-0.39, 0.29) is 0 Å². The lowest BCUT2D eigenvalue weighted by Crippen LogP contribution is -2.40. The summed E-state index contributed by atoms with van der Waals surface area (Å²) in [4.78, 5) is 0. The minimum atomic E-state index is 0.450. The Morgan fingerprint density at radius 1 is 1.24 bits per heavy atom. The number of fused-ring (bicyclic) bond motifs is 1. The van der Waals surface area contributed by atoms with Crippen molar-refractivity contribution in [3.63, 3.8) is 0 Å². The number of benzene rings is 1. The molecule has 90 valence electrons. The van der Waals surface area contributed by atoms with Gasteiger partial charge in [-0.2, -0.15) is 0 Å². The lowest BCUT2D eigenvalue weighted by atomic mass is 9.85. The molecule has 17 heavy (non-hydrogen) atoms. The van der Waals surface area contributed by atoms with Crippen LogP contribution in [0.3, 0.4) is 0 Å². The first-order valence-corrected chi connectivity index (χ1v) is 6.86. The van der Waals surface area contributed by atoms with Gasteiger partial charge < -0.3 is 5.32 Å². The molecule has 0 spiro atoms. The van der Waals surface area contributed by atoms with Crippen molar-refractivity contribution in [2.75, 3.05) is 6.54 Å². The van der Waals surface area contributed by atoms with E-state index in [0.717, 1.165) is 5.92 Å². The first-order chi connectivity index (χ1) is 8.39. The highest BCUT2D eigenvalue weighted by Gasteiger charge is 2.44. The van der Waals surface area contributed by atoms with E-state index < -0.39 is 0 Å². The van der Waals surface area contributed by atoms with Gasteiger partial charge in [-0.3, -0.25) is 0 Å². The summed E-state index contributed by atoms with van der Waals surface area (Å²) in [6.07, 6.45) is 11.4. The maximum absolute atomic E-state index is 3.77. The molecule has 2 fully saturated rings. The van der Waals surface area contributed by atoms with E-state index >= 15 is 0 Å². The van der Waals surface area contributed by atoms with E-state index in [2.05, 4.69) is 47.8 Å². The fraction of sp³-hybridized carbons (Fsp3) is 0.500. The van der Waals surface area contributed by atoms with Crippen LogP contribution < -0.4 is 5.32 Å². The fourth-order valence-electron chi connectivity index (χ4n) is 3.60. The maximum atomic E-state index is 3.77. The second kappa shape index (κ2) is 4.66. The number of nitrogens with one attached hydrogen (secondary N) is 1. The van der Waals surface area contributed by atoms with E-state index in [1.165, 1.54) is 44.2 Å². The molecule has 1 saturated heterocycles. The van der Waals surface area contributed by atoms with E-state index in [0.29, 0.717) is 5.54 Å². The summed E-state index contributed by atoms with van der Waals surface area (Å²) in [6, 6.07) is 10.6. The Kier molecular flexibility index (Phi) is 3.02. The van der Waals surface area contributed by atoms with Crippen LogP contribution in [0.1, 0.15) is 37.7 Å². The molecule has 0 bridgehead atoms. The highest BCUT2D eigenvalue weighted by molar-refractivity contribution is 5.48. The molecule has 1 N–H and O–H groups in total. The highest BCUT2D eigenvalue weighted by Crippen LogP contribution is 2.43. The van der Waals surface area contributed by atoms with Crippen molar-refractivity contribution in [2.45, 2.75) is 37.6 Å². The third-order valence-electron chi connectivity index (χ3n) is 4.52. The minimum absolute atomic E-state index is 0.450. The Balaban J connectivity index is 1.66. The normalized spacial score (nSPS) is 32.1. The SMILES string of the molecule is C(=Cc1ccccc1)CC12CCCC1CCN2. The van der Waals surface area contributed by atoms with E-state index in [9.17, 15) is 0 Å². The van der Waals surface area contributed by atoms with Crippen LogP contribution >= 0.6 is 0 Å². The Labute approximate surface area is 104 Å². The zero-order chi connectivity index (χ0) is 11.6. The van der Waals surface area contributed by atoms with Gasteiger partial charge in [0.25, 0.3) is 0 Å². The molecule has 1 aromatic carbocycles. The lowest BCUT2D eigenvalue weighted by molar-refractivity contribution is 0.325. The first kappa shape index (κ1) is 11.0. The average Bonchev–Trinajstić information content (AvgIpc) is 2.89. The second-order valence-corrected chi connectivity index (χ2v) is 5.48. The molecule has 1 aliphatic carbocycles. The lowest BCUT2D eigenvalue weighted by Gasteiger charge is -2.28. The molecule has 1 aliphatic heterocycles. The summed E-state index contributed by atoms with van der Waals surface area (Å²) in [6.45, 7) is 1.23. The molecule has 2 unspecified atom stereocenters. The first-order valence-electron chi connectivity index (χ1n) is 6.86. The predicted octanol–water partition coefficient (Wildman–Crippen LogP) is 3.62. The summed E-state index contributed by atoms with van der Waals surface area (Å²) in [7, 11) is 0. The molecular formula is C16H21N. The third-order valence-corrected chi connectivity index (χ3v) is 4.52. The Morgan fingerprint density at radius 3 is 3.00 bits per heavy atom. The topological polar surface area (TPSA) is 12.0 Å². The smallest absolute Gasteiger partial charge is 0.0244 e. The van der Waals surface area contributed by atoms with Crippen LogP contribution in [0.2, 0.25) is 0 Å². The highest BCUT2D eigenvalue weighted by atomic mass is 15.0. The summed E-state index contributed by atoms with van der Waals surface area (Å²) in [5.41, 5.74) is 1.77. The molecule has 1 heteroatoms. The molecule has 1 aromatic rings. The summed E-state index contributed by atoms with van der Waals surface area (Å²) < 4.78 is 0. The van der Waals surface area contributed by atoms with Gasteiger partial charge in [-0.25, -0.2) is 0 Å². The molecule has 0 aromatic heterocycles. The van der Waals surface area contributed by atoms with Gasteiger partial charge >= 0.3 is 0 Å². The largest absolute Gasteiger partial charge is 0.311 e. The van der Waals surface area contributed by atoms with Gasteiger partial charge in [0, 0.05) is 5.54 Å². The van der Waals surface area contributed by atoms with Crippen molar-refractivity contribution in [3.05, 3.63) is 42.0 Å². The average molecular weight is 227 g/mol. The van der Waals surface area contributed by atoms with Crippen LogP contribution in [0.15, 0.2) is 36.4 Å². The van der Waals surface area contributed by atoms with Crippen LogP contribution in [-0.2, 0) is 0 Å². The Morgan fingerprint density at radius 2 is 2.12 bits per heavy atom. The monoisotopic (exact) mass is 227 g/mol. The van der Waals surface area contributed by atoms with E-state index in [1.54, 1.807) is 0 Å². The van der Waals surface area contributed by atoms with Crippen molar-refractivity contribution >= 4 is 6.08 Å². The molecule has 1 nitrogen and oxygen atoms in total. The quantitative estimate of drug-likeness (QED) is 0.831. The molecule has 0 amide bonds. The van der Waals surface area contributed by atoms with Crippen LogP contribution in [0, 0.1) is 5.92 Å². The summed E-state index contributed by atoms with van der Waals surface area (Å²) in [5.74, 6) is 0.933. The van der Waals surface area contributed by atoms with E-state index in [1.807, 2.05) is 0 Å². The number of rotatable bonds is 3. The van der Waals surface area contributed by atoms with Gasteiger partial charge in [-0.05, 0) is 43.7 Å². The number of hydrogen-bond donors (Lipinski definition) is 1. The van der Waals surface area contributed by atoms with Crippen molar-refractivity contribution < 1.29 is 0 Å². The van der Waals surface area contributed by atoms with Crippen LogP contribution in [0.5, 0.6) is 0 Å². The van der Waals surface area contributed by atoms with Crippen molar-refractivity contribution in [2.24, 2.45) is 5.92 Å². The zero-order valence-electron chi connectivity index (χ0n) is 10.4. The van der Waals surface area contributed by atoms with Gasteiger partial charge in [0.05, 0.1) is 0 Å². The van der Waals surface area contributed by atoms with Crippen molar-refractivity contribution in [3.8, 4) is 0 Å². The fourth-order valence-corrected chi connectivity index (χ4v) is 3.60. The molecule has 0 radical (unpaired) electrons. The van der Waals surface area contributed by atoms with Crippen molar-refractivity contribution in [1.82, 2.24) is 5.32 Å². The van der Waals surface area contributed by atoms with Gasteiger partial charge in [0.2, 0.25) is 0 Å². The Bertz CT molecular complexity index is 383.